The number of fused-ring (bicyclic) bond motifs is 2. The Morgan fingerprint density at radius 2 is 2.00 bits per heavy atom. The van der Waals surface area contributed by atoms with Gasteiger partial charge < -0.3 is 10.1 Å². The highest BCUT2D eigenvalue weighted by atomic mass is 16.5. The van der Waals surface area contributed by atoms with Crippen LogP contribution in [0.1, 0.15) is 47.5 Å². The molecule has 148 valence electrons. The Balaban J connectivity index is 1.47. The first kappa shape index (κ1) is 17.8. The molecule has 0 saturated heterocycles. The predicted octanol–water partition coefficient (Wildman–Crippen LogP) is 2.41. The Morgan fingerprint density at radius 1 is 1.21 bits per heavy atom. The summed E-state index contributed by atoms with van der Waals surface area (Å²) in [6.45, 7) is 0. The molecule has 5 rings (SSSR count). The molecule has 1 N–H and O–H groups in total. The fourth-order valence-electron chi connectivity index (χ4n) is 4.05. The summed E-state index contributed by atoms with van der Waals surface area (Å²) in [6.07, 6.45) is 5.08. The third-order valence-corrected chi connectivity index (χ3v) is 5.96. The lowest BCUT2D eigenvalue weighted by Crippen LogP contribution is -2.47. The molecule has 2 aliphatic carbocycles. The van der Waals surface area contributed by atoms with Crippen molar-refractivity contribution in [1.29, 1.82) is 0 Å². The number of hydrogen-bond acceptors (Lipinski definition) is 5. The summed E-state index contributed by atoms with van der Waals surface area (Å²) >= 11 is 0. The molecular weight excluding hydrogens is 370 g/mol. The molecule has 2 heterocycles. The fourth-order valence-corrected chi connectivity index (χ4v) is 4.05. The number of nitrogens with one attached hydrogen (secondary N) is 1. The number of hydrogen-bond donors (Lipinski definition) is 1. The van der Waals surface area contributed by atoms with Crippen LogP contribution in [0.5, 0.6) is 0 Å². The third kappa shape index (κ3) is 3.06. The topological polar surface area (TPSA) is 89.8 Å². The lowest BCUT2D eigenvalue weighted by molar-refractivity contribution is -0.149. The van der Waals surface area contributed by atoms with Gasteiger partial charge in [0.2, 0.25) is 0 Å². The zero-order valence-corrected chi connectivity index (χ0v) is 16.1. The average Bonchev–Trinajstić information content (AvgIpc) is 3.54. The van der Waals surface area contributed by atoms with E-state index in [-0.39, 0.29) is 29.4 Å². The normalized spacial score (nSPS) is 21.0. The predicted molar refractivity (Wildman–Crippen MR) is 107 cm³/mol. The van der Waals surface area contributed by atoms with E-state index >= 15 is 0 Å². The van der Waals surface area contributed by atoms with Gasteiger partial charge in [-0.15, -0.1) is 0 Å². The van der Waals surface area contributed by atoms with Gasteiger partial charge >= 0.3 is 5.97 Å². The van der Waals surface area contributed by atoms with Crippen molar-refractivity contribution in [1.82, 2.24) is 14.7 Å². The summed E-state index contributed by atoms with van der Waals surface area (Å²) in [5, 5.41) is 3.50. The van der Waals surface area contributed by atoms with Crippen molar-refractivity contribution in [2.24, 2.45) is 5.92 Å². The number of aromatic nitrogens is 2. The molecule has 0 spiro atoms. The van der Waals surface area contributed by atoms with E-state index in [1.807, 2.05) is 18.2 Å². The first-order chi connectivity index (χ1) is 14.0. The van der Waals surface area contributed by atoms with E-state index in [0.717, 1.165) is 12.8 Å². The second-order valence-electron chi connectivity index (χ2n) is 7.95. The molecule has 7 nitrogen and oxygen atoms in total. The maximum absolute atomic E-state index is 13.0. The Kier molecular flexibility index (Phi) is 4.12. The summed E-state index contributed by atoms with van der Waals surface area (Å²) in [5.74, 6) is -0.153. The van der Waals surface area contributed by atoms with E-state index < -0.39 is 0 Å². The number of ether oxygens (including phenoxy) is 1. The number of benzene rings is 1. The van der Waals surface area contributed by atoms with Gasteiger partial charge in [0.25, 0.3) is 11.5 Å². The van der Waals surface area contributed by atoms with Gasteiger partial charge in [-0.3, -0.25) is 18.8 Å². The van der Waals surface area contributed by atoms with Crippen LogP contribution in [0.2, 0.25) is 0 Å². The smallest absolute Gasteiger partial charge is 0.308 e. The van der Waals surface area contributed by atoms with Crippen molar-refractivity contribution in [3.05, 3.63) is 58.0 Å². The number of pyridine rings is 1. The number of nitrogens with zero attached hydrogens (tertiary/aromatic N) is 2. The highest BCUT2D eigenvalue weighted by molar-refractivity contribution is 6.00. The highest BCUT2D eigenvalue weighted by Crippen LogP contribution is 2.40. The van der Waals surface area contributed by atoms with Crippen molar-refractivity contribution in [2.45, 2.75) is 37.6 Å². The Bertz CT molecular complexity index is 1210. The molecule has 0 aliphatic heterocycles. The molecular formula is C22H21N3O4. The van der Waals surface area contributed by atoms with Crippen LogP contribution in [0.4, 0.5) is 0 Å². The van der Waals surface area contributed by atoms with Gasteiger partial charge in [-0.05, 0) is 61.4 Å². The number of carbonyl (C=O) groups excluding carboxylic acids is 2. The van der Waals surface area contributed by atoms with Crippen molar-refractivity contribution in [3.8, 4) is 0 Å². The lowest BCUT2D eigenvalue weighted by Gasteiger charge is -2.33. The number of rotatable bonds is 4. The first-order valence-electron chi connectivity index (χ1n) is 9.89. The summed E-state index contributed by atoms with van der Waals surface area (Å²) < 4.78 is 6.17. The van der Waals surface area contributed by atoms with E-state index in [9.17, 15) is 14.4 Å². The maximum atomic E-state index is 13.0. The zero-order chi connectivity index (χ0) is 20.1. The average molecular weight is 391 g/mol. The van der Waals surface area contributed by atoms with Crippen LogP contribution < -0.4 is 10.9 Å². The number of carbonyl (C=O) groups is 2. The third-order valence-electron chi connectivity index (χ3n) is 5.96. The Hall–Kier alpha value is -3.22. The first-order valence-corrected chi connectivity index (χ1v) is 9.89. The largest absolute Gasteiger partial charge is 0.469 e. The minimum atomic E-state index is -0.294. The molecule has 1 amide bonds. The van der Waals surface area contributed by atoms with Crippen LogP contribution in [0.3, 0.4) is 0 Å². The van der Waals surface area contributed by atoms with Gasteiger partial charge in [0.15, 0.2) is 5.65 Å². The van der Waals surface area contributed by atoms with Crippen molar-refractivity contribution < 1.29 is 14.3 Å². The lowest BCUT2D eigenvalue weighted by atomic mass is 9.80. The molecule has 0 bridgehead atoms. The molecule has 7 heteroatoms. The number of amides is 1. The summed E-state index contributed by atoms with van der Waals surface area (Å²) in [6, 6.07) is 9.08. The molecule has 0 atom stereocenters. The van der Waals surface area contributed by atoms with Gasteiger partial charge in [0.1, 0.15) is 0 Å². The van der Waals surface area contributed by atoms with Crippen LogP contribution in [-0.2, 0) is 9.53 Å². The number of esters is 1. The summed E-state index contributed by atoms with van der Waals surface area (Å²) in [4.78, 5) is 42.0. The SMILES string of the molecule is COC(=O)C1CC(NC(=O)c2cccn3c(=O)c4cc(C5CC5)ccc4nc23)C1. The molecule has 2 aliphatic rings. The molecule has 2 fully saturated rings. The fraction of sp³-hybridized carbons (Fsp3) is 0.364. The second kappa shape index (κ2) is 6.69. The van der Waals surface area contributed by atoms with E-state index in [0.29, 0.717) is 40.9 Å². The molecule has 0 radical (unpaired) electrons. The van der Waals surface area contributed by atoms with Gasteiger partial charge in [-0.25, -0.2) is 4.98 Å². The second-order valence-corrected chi connectivity index (χ2v) is 7.95. The summed E-state index contributed by atoms with van der Waals surface area (Å²) in [7, 11) is 1.37. The van der Waals surface area contributed by atoms with E-state index in [4.69, 9.17) is 4.74 Å². The van der Waals surface area contributed by atoms with E-state index in [1.54, 1.807) is 18.3 Å². The Morgan fingerprint density at radius 3 is 2.72 bits per heavy atom. The molecule has 2 saturated carbocycles. The highest BCUT2D eigenvalue weighted by Gasteiger charge is 2.36. The molecule has 1 aromatic carbocycles. The van der Waals surface area contributed by atoms with Crippen LogP contribution in [0.15, 0.2) is 41.3 Å². The van der Waals surface area contributed by atoms with Crippen molar-refractivity contribution >= 4 is 28.4 Å². The molecule has 3 aromatic rings. The summed E-state index contributed by atoms with van der Waals surface area (Å²) in [5.41, 5.74) is 2.28. The van der Waals surface area contributed by atoms with Gasteiger partial charge in [-0.2, -0.15) is 0 Å². The monoisotopic (exact) mass is 391 g/mol. The Labute approximate surface area is 166 Å². The van der Waals surface area contributed by atoms with E-state index in [1.165, 1.54) is 17.1 Å². The van der Waals surface area contributed by atoms with Gasteiger partial charge in [0.05, 0.1) is 29.5 Å². The van der Waals surface area contributed by atoms with Crippen LogP contribution >= 0.6 is 0 Å². The quantitative estimate of drug-likeness (QED) is 0.545. The standard InChI is InChI=1S/C22H21N3O4/c1-29-22(28)14-9-15(10-14)23-20(26)16-3-2-8-25-19(16)24-18-7-6-13(12-4-5-12)11-17(18)21(25)27/h2-3,6-8,11-12,14-15H,4-5,9-10H2,1H3,(H,23,26). The minimum Gasteiger partial charge on any atom is -0.469 e. The van der Waals surface area contributed by atoms with Crippen molar-refractivity contribution in [3.63, 3.8) is 0 Å². The van der Waals surface area contributed by atoms with Crippen LogP contribution in [0.25, 0.3) is 16.6 Å². The van der Waals surface area contributed by atoms with E-state index in [2.05, 4.69) is 10.3 Å². The van der Waals surface area contributed by atoms with Crippen LogP contribution in [-0.4, -0.2) is 34.4 Å². The molecule has 2 aromatic heterocycles. The van der Waals surface area contributed by atoms with Crippen LogP contribution in [0, 0.1) is 5.92 Å². The zero-order valence-electron chi connectivity index (χ0n) is 16.1. The molecule has 0 unspecified atom stereocenters. The van der Waals surface area contributed by atoms with Gasteiger partial charge in [-0.1, -0.05) is 6.07 Å². The van der Waals surface area contributed by atoms with Gasteiger partial charge in [0, 0.05) is 12.2 Å². The van der Waals surface area contributed by atoms with Crippen molar-refractivity contribution in [2.75, 3.05) is 7.11 Å². The molecule has 29 heavy (non-hydrogen) atoms. The maximum Gasteiger partial charge on any atom is 0.308 e. The minimum absolute atomic E-state index is 0.0832. The number of methoxy groups -OCH3 is 1.